The van der Waals surface area contributed by atoms with Gasteiger partial charge in [0.15, 0.2) is 0 Å². The summed E-state index contributed by atoms with van der Waals surface area (Å²) in [5, 5.41) is 3.99. The van der Waals surface area contributed by atoms with Crippen LogP contribution in [0.2, 0.25) is 5.02 Å². The normalized spacial score (nSPS) is 24.2. The summed E-state index contributed by atoms with van der Waals surface area (Å²) in [5.74, 6) is 0.208. The number of amides is 1. The van der Waals surface area contributed by atoms with Gasteiger partial charge in [-0.2, -0.15) is 0 Å². The number of benzene rings is 1. The topological polar surface area (TPSA) is 32.3 Å². The van der Waals surface area contributed by atoms with E-state index in [1.54, 1.807) is 0 Å². The Labute approximate surface area is 119 Å². The summed E-state index contributed by atoms with van der Waals surface area (Å²) in [4.78, 5) is 14.5. The van der Waals surface area contributed by atoms with Crippen molar-refractivity contribution in [2.75, 3.05) is 20.1 Å². The van der Waals surface area contributed by atoms with Crippen molar-refractivity contribution in [3.63, 3.8) is 0 Å². The predicted octanol–water partition coefficient (Wildman–Crippen LogP) is 2.86. The molecule has 2 rings (SSSR count). The monoisotopic (exact) mass is 280 g/mol. The van der Waals surface area contributed by atoms with Crippen LogP contribution in [0.4, 0.5) is 0 Å². The Hall–Kier alpha value is -1.06. The van der Waals surface area contributed by atoms with Crippen LogP contribution < -0.4 is 5.32 Å². The molecule has 0 aromatic heterocycles. The molecule has 104 valence electrons. The van der Waals surface area contributed by atoms with Crippen LogP contribution in [0.15, 0.2) is 24.3 Å². The third kappa shape index (κ3) is 2.93. The quantitative estimate of drug-likeness (QED) is 0.923. The van der Waals surface area contributed by atoms with Gasteiger partial charge >= 0.3 is 0 Å². The van der Waals surface area contributed by atoms with Crippen molar-refractivity contribution in [3.8, 4) is 0 Å². The van der Waals surface area contributed by atoms with Crippen LogP contribution in [0.3, 0.4) is 0 Å². The maximum atomic E-state index is 12.6. The van der Waals surface area contributed by atoms with Crippen molar-refractivity contribution >= 4 is 17.5 Å². The summed E-state index contributed by atoms with van der Waals surface area (Å²) in [7, 11) is 1.88. The average molecular weight is 281 g/mol. The maximum absolute atomic E-state index is 12.6. The molecule has 2 atom stereocenters. The summed E-state index contributed by atoms with van der Waals surface area (Å²) in [6, 6.07) is 7.75. The number of nitrogens with zero attached hydrogens (tertiary/aromatic N) is 1. The third-order valence-corrected chi connectivity index (χ3v) is 4.39. The van der Waals surface area contributed by atoms with E-state index in [-0.39, 0.29) is 17.4 Å². The SMILES string of the molecule is CC(c1ccc(Cl)cc1)N(C)C(=O)C1(C)CCNC1. The number of hydrogen-bond donors (Lipinski definition) is 1. The molecule has 1 heterocycles. The van der Waals surface area contributed by atoms with Gasteiger partial charge in [-0.15, -0.1) is 0 Å². The standard InChI is InChI=1S/C15H21ClN2O/c1-11(12-4-6-13(16)7-5-12)18(3)14(19)15(2)8-9-17-10-15/h4-7,11,17H,8-10H2,1-3H3. The third-order valence-electron chi connectivity index (χ3n) is 4.14. The van der Waals surface area contributed by atoms with E-state index in [2.05, 4.69) is 5.32 Å². The highest BCUT2D eigenvalue weighted by Crippen LogP contribution is 2.30. The van der Waals surface area contributed by atoms with Crippen LogP contribution in [-0.4, -0.2) is 30.9 Å². The fourth-order valence-electron chi connectivity index (χ4n) is 2.57. The second-order valence-corrected chi connectivity index (χ2v) is 6.07. The van der Waals surface area contributed by atoms with Gasteiger partial charge in [-0.3, -0.25) is 4.79 Å². The largest absolute Gasteiger partial charge is 0.338 e. The van der Waals surface area contributed by atoms with Gasteiger partial charge in [0, 0.05) is 18.6 Å². The van der Waals surface area contributed by atoms with E-state index in [9.17, 15) is 4.79 Å². The fourth-order valence-corrected chi connectivity index (χ4v) is 2.69. The molecular weight excluding hydrogens is 260 g/mol. The Kier molecular flexibility index (Phi) is 4.16. The van der Waals surface area contributed by atoms with Crippen LogP contribution in [0.5, 0.6) is 0 Å². The van der Waals surface area contributed by atoms with Crippen LogP contribution in [0, 0.1) is 5.41 Å². The first-order valence-corrected chi connectivity index (χ1v) is 7.05. The van der Waals surface area contributed by atoms with Gasteiger partial charge in [0.2, 0.25) is 5.91 Å². The molecule has 0 bridgehead atoms. The smallest absolute Gasteiger partial charge is 0.230 e. The Bertz CT molecular complexity index is 452. The second-order valence-electron chi connectivity index (χ2n) is 5.63. The zero-order valence-electron chi connectivity index (χ0n) is 11.7. The number of carbonyl (C=O) groups excluding carboxylic acids is 1. The molecule has 4 heteroatoms. The number of rotatable bonds is 3. The summed E-state index contributed by atoms with van der Waals surface area (Å²) < 4.78 is 0. The van der Waals surface area contributed by atoms with Gasteiger partial charge in [-0.1, -0.05) is 23.7 Å². The summed E-state index contributed by atoms with van der Waals surface area (Å²) in [5.41, 5.74) is 0.838. The predicted molar refractivity (Wildman–Crippen MR) is 78.2 cm³/mol. The van der Waals surface area contributed by atoms with Gasteiger partial charge in [0.25, 0.3) is 0 Å². The van der Waals surface area contributed by atoms with E-state index in [1.807, 2.05) is 50.1 Å². The Balaban J connectivity index is 2.12. The van der Waals surface area contributed by atoms with Crippen molar-refractivity contribution in [2.24, 2.45) is 5.41 Å². The lowest BCUT2D eigenvalue weighted by molar-refractivity contribution is -0.140. The first-order chi connectivity index (χ1) is 8.94. The summed E-state index contributed by atoms with van der Waals surface area (Å²) in [6.07, 6.45) is 0.906. The minimum absolute atomic E-state index is 0.0576. The van der Waals surface area contributed by atoms with E-state index in [0.29, 0.717) is 0 Å². The molecule has 1 N–H and O–H groups in total. The average Bonchev–Trinajstić information content (AvgIpc) is 2.85. The van der Waals surface area contributed by atoms with Gasteiger partial charge in [-0.25, -0.2) is 0 Å². The van der Waals surface area contributed by atoms with Crippen molar-refractivity contribution in [1.29, 1.82) is 0 Å². The van der Waals surface area contributed by atoms with E-state index in [1.165, 1.54) is 0 Å². The van der Waals surface area contributed by atoms with Crippen LogP contribution in [0.25, 0.3) is 0 Å². The molecular formula is C15H21ClN2O. The number of nitrogens with one attached hydrogen (secondary N) is 1. The lowest BCUT2D eigenvalue weighted by Crippen LogP contribution is -2.42. The molecule has 2 unspecified atom stereocenters. The number of hydrogen-bond acceptors (Lipinski definition) is 2. The Morgan fingerprint density at radius 3 is 2.58 bits per heavy atom. The zero-order chi connectivity index (χ0) is 14.0. The highest BCUT2D eigenvalue weighted by molar-refractivity contribution is 6.30. The molecule has 1 amide bonds. The molecule has 1 saturated heterocycles. The molecule has 0 aliphatic carbocycles. The molecule has 19 heavy (non-hydrogen) atoms. The lowest BCUT2D eigenvalue weighted by atomic mass is 9.87. The van der Waals surface area contributed by atoms with E-state index >= 15 is 0 Å². The minimum Gasteiger partial charge on any atom is -0.338 e. The first kappa shape index (κ1) is 14.4. The molecule has 1 aliphatic heterocycles. The second kappa shape index (κ2) is 5.51. The molecule has 0 spiro atoms. The van der Waals surface area contributed by atoms with Gasteiger partial charge in [0.1, 0.15) is 0 Å². The molecule has 1 aromatic rings. The Morgan fingerprint density at radius 1 is 1.42 bits per heavy atom. The first-order valence-electron chi connectivity index (χ1n) is 6.67. The molecule has 1 aliphatic rings. The van der Waals surface area contributed by atoms with Crippen molar-refractivity contribution in [2.45, 2.75) is 26.3 Å². The molecule has 1 fully saturated rings. The molecule has 1 aromatic carbocycles. The molecule has 3 nitrogen and oxygen atoms in total. The van der Waals surface area contributed by atoms with Crippen LogP contribution in [-0.2, 0) is 4.79 Å². The summed E-state index contributed by atoms with van der Waals surface area (Å²) >= 11 is 5.90. The highest BCUT2D eigenvalue weighted by Gasteiger charge is 2.39. The minimum atomic E-state index is -0.268. The lowest BCUT2D eigenvalue weighted by Gasteiger charge is -2.32. The van der Waals surface area contributed by atoms with Crippen molar-refractivity contribution in [1.82, 2.24) is 10.2 Å². The highest BCUT2D eigenvalue weighted by atomic mass is 35.5. The van der Waals surface area contributed by atoms with E-state index in [0.717, 1.165) is 30.1 Å². The van der Waals surface area contributed by atoms with Crippen LogP contribution in [0.1, 0.15) is 31.9 Å². The van der Waals surface area contributed by atoms with Crippen molar-refractivity contribution < 1.29 is 4.79 Å². The van der Waals surface area contributed by atoms with Crippen LogP contribution >= 0.6 is 11.6 Å². The fraction of sp³-hybridized carbons (Fsp3) is 0.533. The Morgan fingerprint density at radius 2 is 2.05 bits per heavy atom. The van der Waals surface area contributed by atoms with Gasteiger partial charge in [-0.05, 0) is 44.5 Å². The summed E-state index contributed by atoms with van der Waals surface area (Å²) in [6.45, 7) is 5.78. The molecule has 0 saturated carbocycles. The maximum Gasteiger partial charge on any atom is 0.230 e. The zero-order valence-corrected chi connectivity index (χ0v) is 12.5. The van der Waals surface area contributed by atoms with Gasteiger partial charge in [0.05, 0.1) is 11.5 Å². The van der Waals surface area contributed by atoms with E-state index < -0.39 is 0 Å². The van der Waals surface area contributed by atoms with Crippen molar-refractivity contribution in [3.05, 3.63) is 34.9 Å². The number of halogens is 1. The van der Waals surface area contributed by atoms with E-state index in [4.69, 9.17) is 11.6 Å². The van der Waals surface area contributed by atoms with Gasteiger partial charge < -0.3 is 10.2 Å². The molecule has 0 radical (unpaired) electrons. The number of carbonyl (C=O) groups is 1.